The number of fused-ring (bicyclic) bond motifs is 1. The fraction of sp³-hybridized carbons (Fsp3) is 0.360. The largest absolute Gasteiger partial charge is 0.379 e. The fourth-order valence-electron chi connectivity index (χ4n) is 3.85. The van der Waals surface area contributed by atoms with E-state index >= 15 is 0 Å². The van der Waals surface area contributed by atoms with Gasteiger partial charge in [0.05, 0.1) is 33.9 Å². The molecule has 180 valence electrons. The average molecular weight is 500 g/mol. The van der Waals surface area contributed by atoms with E-state index in [0.717, 1.165) is 32.8 Å². The zero-order valence-electron chi connectivity index (χ0n) is 19.8. The number of hydrogen-bond donors (Lipinski definition) is 1. The van der Waals surface area contributed by atoms with E-state index in [1.165, 1.54) is 16.1 Å². The summed E-state index contributed by atoms with van der Waals surface area (Å²) in [6, 6.07) is 12.8. The number of aromatic nitrogens is 1. The number of thioether (sulfide) groups is 1. The predicted octanol–water partition coefficient (Wildman–Crippen LogP) is 4.30. The highest BCUT2D eigenvalue weighted by atomic mass is 32.2. The van der Waals surface area contributed by atoms with Crippen molar-refractivity contribution in [3.05, 3.63) is 59.2 Å². The van der Waals surface area contributed by atoms with Crippen LogP contribution in [0.4, 0.5) is 5.69 Å². The number of benzene rings is 2. The van der Waals surface area contributed by atoms with Gasteiger partial charge >= 0.3 is 0 Å². The summed E-state index contributed by atoms with van der Waals surface area (Å²) < 4.78 is 32.8. The molecule has 34 heavy (non-hydrogen) atoms. The Balaban J connectivity index is 1.53. The van der Waals surface area contributed by atoms with Crippen LogP contribution >= 0.6 is 11.8 Å². The first-order chi connectivity index (χ1) is 16.2. The summed E-state index contributed by atoms with van der Waals surface area (Å²) in [5, 5.41) is 4.16. The molecule has 2 aromatic carbocycles. The number of aryl methyl sites for hydroxylation is 2. The van der Waals surface area contributed by atoms with Crippen LogP contribution in [0.5, 0.6) is 0 Å². The summed E-state index contributed by atoms with van der Waals surface area (Å²) in [5.74, 6) is -0.0924. The van der Waals surface area contributed by atoms with Crippen molar-refractivity contribution in [3.63, 3.8) is 0 Å². The number of nitrogens with zero attached hydrogens (tertiary/aromatic N) is 2. The van der Waals surface area contributed by atoms with Gasteiger partial charge in [0.1, 0.15) is 0 Å². The molecule has 3 aromatic rings. The van der Waals surface area contributed by atoms with Gasteiger partial charge in [0.25, 0.3) is 0 Å². The molecule has 1 fully saturated rings. The van der Waals surface area contributed by atoms with Crippen LogP contribution in [-0.2, 0) is 19.6 Å². The molecule has 1 saturated heterocycles. The summed E-state index contributed by atoms with van der Waals surface area (Å²) >= 11 is 1.38. The van der Waals surface area contributed by atoms with Crippen LogP contribution in [0, 0.1) is 20.8 Å². The Morgan fingerprint density at radius 1 is 1.09 bits per heavy atom. The SMILES string of the molecule is Cc1cccc(NC(=O)C(C)Sc2cc(C)c3cc(S(=O)(=O)N4CCOCC4)ccc3n2)c1C. The zero-order chi connectivity index (χ0) is 24.5. The maximum Gasteiger partial charge on any atom is 0.243 e. The number of ether oxygens (including phenoxy) is 1. The first-order valence-electron chi connectivity index (χ1n) is 11.2. The summed E-state index contributed by atoms with van der Waals surface area (Å²) in [5.41, 5.74) is 4.60. The first kappa shape index (κ1) is 24.7. The van der Waals surface area contributed by atoms with Gasteiger partial charge in [-0.3, -0.25) is 4.79 Å². The summed E-state index contributed by atoms with van der Waals surface area (Å²) in [6.45, 7) is 9.31. The zero-order valence-corrected chi connectivity index (χ0v) is 21.4. The smallest absolute Gasteiger partial charge is 0.243 e. The molecule has 0 spiro atoms. The Morgan fingerprint density at radius 2 is 1.82 bits per heavy atom. The maximum atomic E-state index is 13.0. The van der Waals surface area contributed by atoms with Crippen molar-refractivity contribution in [2.75, 3.05) is 31.6 Å². The van der Waals surface area contributed by atoms with Crippen LogP contribution in [0.3, 0.4) is 0 Å². The van der Waals surface area contributed by atoms with Gasteiger partial charge in [0.2, 0.25) is 15.9 Å². The van der Waals surface area contributed by atoms with Crippen molar-refractivity contribution in [1.29, 1.82) is 0 Å². The number of anilines is 1. The van der Waals surface area contributed by atoms with Crippen molar-refractivity contribution in [3.8, 4) is 0 Å². The molecular formula is C25H29N3O4S2. The lowest BCUT2D eigenvalue weighted by Gasteiger charge is -2.26. The lowest BCUT2D eigenvalue weighted by Crippen LogP contribution is -2.40. The topological polar surface area (TPSA) is 88.6 Å². The Kier molecular flexibility index (Phi) is 7.28. The van der Waals surface area contributed by atoms with E-state index in [1.54, 1.807) is 18.2 Å². The van der Waals surface area contributed by atoms with Crippen LogP contribution in [0.15, 0.2) is 52.4 Å². The van der Waals surface area contributed by atoms with Gasteiger partial charge in [0.15, 0.2) is 0 Å². The minimum absolute atomic E-state index is 0.0924. The molecule has 1 aliphatic rings. The van der Waals surface area contributed by atoms with E-state index in [-0.39, 0.29) is 16.1 Å². The monoisotopic (exact) mass is 499 g/mol. The van der Waals surface area contributed by atoms with Crippen molar-refractivity contribution >= 4 is 44.3 Å². The second kappa shape index (κ2) is 10.0. The Morgan fingerprint density at radius 3 is 2.56 bits per heavy atom. The molecule has 4 rings (SSSR count). The third-order valence-electron chi connectivity index (χ3n) is 6.10. The highest BCUT2D eigenvalue weighted by molar-refractivity contribution is 8.00. The van der Waals surface area contributed by atoms with E-state index in [1.807, 2.05) is 52.0 Å². The van der Waals surface area contributed by atoms with Crippen LogP contribution in [0.2, 0.25) is 0 Å². The van der Waals surface area contributed by atoms with Crippen LogP contribution in [0.1, 0.15) is 23.6 Å². The molecule has 7 nitrogen and oxygen atoms in total. The average Bonchev–Trinajstić information content (AvgIpc) is 2.82. The third kappa shape index (κ3) is 5.12. The lowest BCUT2D eigenvalue weighted by atomic mass is 10.1. The predicted molar refractivity (Wildman–Crippen MR) is 136 cm³/mol. The number of pyridine rings is 1. The second-order valence-electron chi connectivity index (χ2n) is 8.47. The summed E-state index contributed by atoms with van der Waals surface area (Å²) in [6.07, 6.45) is 0. The van der Waals surface area contributed by atoms with Gasteiger partial charge in [0, 0.05) is 24.2 Å². The van der Waals surface area contributed by atoms with E-state index in [9.17, 15) is 13.2 Å². The van der Waals surface area contributed by atoms with Gasteiger partial charge in [-0.15, -0.1) is 0 Å². The van der Waals surface area contributed by atoms with Crippen molar-refractivity contribution in [1.82, 2.24) is 9.29 Å². The standard InChI is InChI=1S/C25H29N3O4S2/c1-16-6-5-7-22(18(16)3)27-25(29)19(4)33-24-14-17(2)21-15-20(8-9-23(21)26-24)34(30,31)28-10-12-32-13-11-28/h5-9,14-15,19H,10-13H2,1-4H3,(H,27,29). The molecular weight excluding hydrogens is 470 g/mol. The van der Waals surface area contributed by atoms with Gasteiger partial charge in [-0.05, 0) is 74.7 Å². The number of carbonyl (C=O) groups excluding carboxylic acids is 1. The number of morpholine rings is 1. The lowest BCUT2D eigenvalue weighted by molar-refractivity contribution is -0.115. The highest BCUT2D eigenvalue weighted by Crippen LogP contribution is 2.30. The maximum absolute atomic E-state index is 13.0. The highest BCUT2D eigenvalue weighted by Gasteiger charge is 2.27. The number of hydrogen-bond acceptors (Lipinski definition) is 6. The van der Waals surface area contributed by atoms with Crippen LogP contribution in [0.25, 0.3) is 10.9 Å². The molecule has 1 aliphatic heterocycles. The number of amides is 1. The van der Waals surface area contributed by atoms with E-state index in [2.05, 4.69) is 10.3 Å². The normalized spacial score (nSPS) is 15.9. The minimum atomic E-state index is -3.58. The van der Waals surface area contributed by atoms with Gasteiger partial charge in [-0.25, -0.2) is 13.4 Å². The molecule has 1 atom stereocenters. The Labute approximate surface area is 205 Å². The number of sulfonamides is 1. The van der Waals surface area contributed by atoms with Gasteiger partial charge < -0.3 is 10.1 Å². The Bertz CT molecular complexity index is 1340. The summed E-state index contributed by atoms with van der Waals surface area (Å²) in [4.78, 5) is 17.7. The van der Waals surface area contributed by atoms with Crippen LogP contribution < -0.4 is 5.32 Å². The van der Waals surface area contributed by atoms with Crippen molar-refractivity contribution < 1.29 is 17.9 Å². The van der Waals surface area contributed by atoms with Crippen LogP contribution in [-0.4, -0.2) is 55.2 Å². The number of carbonyl (C=O) groups is 1. The number of nitrogens with one attached hydrogen (secondary N) is 1. The van der Waals surface area contributed by atoms with Crippen molar-refractivity contribution in [2.45, 2.75) is 42.9 Å². The van der Waals surface area contributed by atoms with E-state index < -0.39 is 10.0 Å². The molecule has 1 aromatic heterocycles. The van der Waals surface area contributed by atoms with E-state index in [4.69, 9.17) is 4.74 Å². The molecule has 1 unspecified atom stereocenters. The molecule has 0 radical (unpaired) electrons. The molecule has 2 heterocycles. The minimum Gasteiger partial charge on any atom is -0.379 e. The Hall–Kier alpha value is -2.46. The molecule has 1 N–H and O–H groups in total. The fourth-order valence-corrected chi connectivity index (χ4v) is 6.21. The molecule has 0 aliphatic carbocycles. The third-order valence-corrected chi connectivity index (χ3v) is 9.01. The summed E-state index contributed by atoms with van der Waals surface area (Å²) in [7, 11) is -3.58. The van der Waals surface area contributed by atoms with E-state index in [0.29, 0.717) is 31.8 Å². The van der Waals surface area contributed by atoms with Crippen molar-refractivity contribution in [2.24, 2.45) is 0 Å². The van der Waals surface area contributed by atoms with Gasteiger partial charge in [-0.2, -0.15) is 4.31 Å². The second-order valence-corrected chi connectivity index (χ2v) is 11.8. The first-order valence-corrected chi connectivity index (χ1v) is 13.5. The molecule has 9 heteroatoms. The molecule has 0 saturated carbocycles. The molecule has 0 bridgehead atoms. The quantitative estimate of drug-likeness (QED) is 0.509. The van der Waals surface area contributed by atoms with Gasteiger partial charge in [-0.1, -0.05) is 23.9 Å². The molecule has 1 amide bonds. The number of rotatable bonds is 6.